The first-order valence-corrected chi connectivity index (χ1v) is 6.13. The highest BCUT2D eigenvalue weighted by Crippen LogP contribution is 2.25. The van der Waals surface area contributed by atoms with Crippen molar-refractivity contribution in [3.8, 4) is 5.75 Å². The van der Waals surface area contributed by atoms with Crippen LogP contribution in [0.1, 0.15) is 0 Å². The van der Waals surface area contributed by atoms with Crippen LogP contribution >= 0.6 is 0 Å². The van der Waals surface area contributed by atoms with Gasteiger partial charge in [0.05, 0.1) is 6.61 Å². The van der Waals surface area contributed by atoms with Gasteiger partial charge in [0.25, 0.3) is 0 Å². The number of rotatable bonds is 6. The van der Waals surface area contributed by atoms with E-state index in [2.05, 4.69) is 23.5 Å². The second-order valence-electron chi connectivity index (χ2n) is 4.23. The van der Waals surface area contributed by atoms with Crippen molar-refractivity contribution in [2.24, 2.45) is 0 Å². The second kappa shape index (κ2) is 6.38. The van der Waals surface area contributed by atoms with E-state index in [1.165, 1.54) is 5.39 Å². The Kier molecular flexibility index (Phi) is 4.56. The summed E-state index contributed by atoms with van der Waals surface area (Å²) in [4.78, 5) is 0. The molecule has 2 aromatic rings. The van der Waals surface area contributed by atoms with Crippen LogP contribution < -0.4 is 10.1 Å². The molecule has 96 valence electrons. The second-order valence-corrected chi connectivity index (χ2v) is 4.23. The molecule has 0 fully saturated rings. The van der Waals surface area contributed by atoms with Gasteiger partial charge in [0, 0.05) is 19.0 Å². The van der Waals surface area contributed by atoms with Crippen LogP contribution in [-0.4, -0.2) is 33.4 Å². The molecule has 0 radical (unpaired) electrons. The van der Waals surface area contributed by atoms with Gasteiger partial charge in [-0.25, -0.2) is 0 Å². The minimum atomic E-state index is 0.0193. The lowest BCUT2D eigenvalue weighted by molar-refractivity contribution is 0.0829. The number of likely N-dealkylation sites (N-methyl/N-ethyl adjacent to an activating group) is 1. The van der Waals surface area contributed by atoms with E-state index >= 15 is 0 Å². The molecule has 0 aromatic heterocycles. The van der Waals surface area contributed by atoms with E-state index in [9.17, 15) is 0 Å². The van der Waals surface area contributed by atoms with Gasteiger partial charge in [0.2, 0.25) is 0 Å². The summed E-state index contributed by atoms with van der Waals surface area (Å²) in [6.45, 7) is 1.33. The zero-order chi connectivity index (χ0) is 12.8. The van der Waals surface area contributed by atoms with Gasteiger partial charge in [-0.05, 0) is 18.5 Å². The maximum Gasteiger partial charge on any atom is 0.134 e. The summed E-state index contributed by atoms with van der Waals surface area (Å²) in [5.41, 5.74) is 0. The van der Waals surface area contributed by atoms with Crippen molar-refractivity contribution >= 4 is 10.8 Å². The molecule has 18 heavy (non-hydrogen) atoms. The Balaban J connectivity index is 2.24. The van der Waals surface area contributed by atoms with Gasteiger partial charge in [-0.15, -0.1) is 0 Å². The molecule has 0 bridgehead atoms. The van der Waals surface area contributed by atoms with Crippen LogP contribution in [0, 0.1) is 0 Å². The van der Waals surface area contributed by atoms with Crippen molar-refractivity contribution < 1.29 is 9.47 Å². The monoisotopic (exact) mass is 245 g/mol. The molecule has 0 aliphatic rings. The van der Waals surface area contributed by atoms with Crippen LogP contribution in [0.4, 0.5) is 0 Å². The number of nitrogens with one attached hydrogen (secondary N) is 1. The van der Waals surface area contributed by atoms with Crippen LogP contribution in [-0.2, 0) is 4.74 Å². The first-order valence-electron chi connectivity index (χ1n) is 6.13. The average Bonchev–Trinajstić information content (AvgIpc) is 2.40. The average molecular weight is 245 g/mol. The summed E-state index contributed by atoms with van der Waals surface area (Å²) in [6.07, 6.45) is 0.0193. The Morgan fingerprint density at radius 2 is 1.89 bits per heavy atom. The topological polar surface area (TPSA) is 30.5 Å². The fourth-order valence-corrected chi connectivity index (χ4v) is 2.03. The van der Waals surface area contributed by atoms with Crippen LogP contribution in [0.15, 0.2) is 42.5 Å². The number of ether oxygens (including phenoxy) is 2. The minimum absolute atomic E-state index is 0.0193. The van der Waals surface area contributed by atoms with E-state index < -0.39 is 0 Å². The third kappa shape index (κ3) is 3.00. The van der Waals surface area contributed by atoms with Gasteiger partial charge >= 0.3 is 0 Å². The summed E-state index contributed by atoms with van der Waals surface area (Å²) in [6, 6.07) is 14.3. The predicted octanol–water partition coefficient (Wildman–Crippen LogP) is 2.45. The number of benzene rings is 2. The van der Waals surface area contributed by atoms with Crippen LogP contribution in [0.3, 0.4) is 0 Å². The number of hydrogen-bond donors (Lipinski definition) is 1. The van der Waals surface area contributed by atoms with Gasteiger partial charge in [-0.3, -0.25) is 0 Å². The van der Waals surface area contributed by atoms with E-state index in [4.69, 9.17) is 9.47 Å². The van der Waals surface area contributed by atoms with Crippen molar-refractivity contribution in [1.82, 2.24) is 5.32 Å². The molecule has 3 heteroatoms. The summed E-state index contributed by atoms with van der Waals surface area (Å²) >= 11 is 0. The summed E-state index contributed by atoms with van der Waals surface area (Å²) in [5.74, 6) is 0.908. The molecule has 0 spiro atoms. The van der Waals surface area contributed by atoms with Gasteiger partial charge < -0.3 is 14.8 Å². The maximum atomic E-state index is 6.02. The summed E-state index contributed by atoms with van der Waals surface area (Å²) < 4.78 is 11.2. The van der Waals surface area contributed by atoms with Crippen molar-refractivity contribution in [3.63, 3.8) is 0 Å². The highest BCUT2D eigenvalue weighted by atomic mass is 16.5. The molecular weight excluding hydrogens is 226 g/mol. The van der Waals surface area contributed by atoms with Crippen LogP contribution in [0.5, 0.6) is 5.75 Å². The van der Waals surface area contributed by atoms with Crippen LogP contribution in [0.2, 0.25) is 0 Å². The molecule has 1 unspecified atom stereocenters. The van der Waals surface area contributed by atoms with E-state index in [1.54, 1.807) is 7.11 Å². The van der Waals surface area contributed by atoms with E-state index in [0.29, 0.717) is 6.61 Å². The van der Waals surface area contributed by atoms with E-state index in [1.807, 2.05) is 31.3 Å². The molecular formula is C15H19NO2. The number of hydrogen-bond acceptors (Lipinski definition) is 3. The highest BCUT2D eigenvalue weighted by Gasteiger charge is 2.10. The Morgan fingerprint density at radius 1 is 1.11 bits per heavy atom. The molecule has 0 saturated carbocycles. The smallest absolute Gasteiger partial charge is 0.134 e. The Bertz CT molecular complexity index is 487. The molecule has 0 aliphatic heterocycles. The third-order valence-corrected chi connectivity index (χ3v) is 2.83. The summed E-state index contributed by atoms with van der Waals surface area (Å²) in [7, 11) is 3.60. The highest BCUT2D eigenvalue weighted by molar-refractivity contribution is 5.88. The van der Waals surface area contributed by atoms with Gasteiger partial charge in [0.15, 0.2) is 0 Å². The molecule has 1 atom stereocenters. The van der Waals surface area contributed by atoms with Crippen molar-refractivity contribution in [2.45, 2.75) is 6.10 Å². The quantitative estimate of drug-likeness (QED) is 0.848. The van der Waals surface area contributed by atoms with E-state index in [0.717, 1.165) is 17.7 Å². The molecule has 3 nitrogen and oxygen atoms in total. The van der Waals surface area contributed by atoms with Crippen LogP contribution in [0.25, 0.3) is 10.8 Å². The Labute approximate surface area is 108 Å². The molecule has 0 heterocycles. The molecule has 0 aliphatic carbocycles. The SMILES string of the molecule is CNCC(COC)Oc1cccc2ccccc12. The minimum Gasteiger partial charge on any atom is -0.486 e. The molecule has 2 rings (SSSR count). The number of methoxy groups -OCH3 is 1. The van der Waals surface area contributed by atoms with Crippen molar-refractivity contribution in [3.05, 3.63) is 42.5 Å². The van der Waals surface area contributed by atoms with Crippen molar-refractivity contribution in [2.75, 3.05) is 27.3 Å². The Hall–Kier alpha value is -1.58. The molecule has 0 saturated heterocycles. The van der Waals surface area contributed by atoms with E-state index in [-0.39, 0.29) is 6.10 Å². The third-order valence-electron chi connectivity index (χ3n) is 2.83. The molecule has 1 N–H and O–H groups in total. The predicted molar refractivity (Wildman–Crippen MR) is 74.2 cm³/mol. The first kappa shape index (κ1) is 12.9. The lowest BCUT2D eigenvalue weighted by Gasteiger charge is -2.19. The zero-order valence-corrected chi connectivity index (χ0v) is 10.8. The molecule has 2 aromatic carbocycles. The fourth-order valence-electron chi connectivity index (χ4n) is 2.03. The number of fused-ring (bicyclic) bond motifs is 1. The Morgan fingerprint density at radius 3 is 2.67 bits per heavy atom. The van der Waals surface area contributed by atoms with Gasteiger partial charge in [-0.2, -0.15) is 0 Å². The lowest BCUT2D eigenvalue weighted by atomic mass is 10.1. The lowest BCUT2D eigenvalue weighted by Crippen LogP contribution is -2.33. The first-order chi connectivity index (χ1) is 8.85. The standard InChI is InChI=1S/C15H19NO2/c1-16-10-13(11-17-2)18-15-9-5-7-12-6-3-4-8-14(12)15/h3-9,13,16H,10-11H2,1-2H3. The van der Waals surface area contributed by atoms with Gasteiger partial charge in [0.1, 0.15) is 11.9 Å². The summed E-state index contributed by atoms with van der Waals surface area (Å²) in [5, 5.41) is 5.44. The fraction of sp³-hybridized carbons (Fsp3) is 0.333. The normalized spacial score (nSPS) is 12.6. The van der Waals surface area contributed by atoms with Gasteiger partial charge in [-0.1, -0.05) is 36.4 Å². The zero-order valence-electron chi connectivity index (χ0n) is 10.8. The van der Waals surface area contributed by atoms with Crippen molar-refractivity contribution in [1.29, 1.82) is 0 Å². The molecule has 0 amide bonds. The largest absolute Gasteiger partial charge is 0.486 e. The maximum absolute atomic E-state index is 6.02.